The number of hydrogen-bond donors (Lipinski definition) is 1. The highest BCUT2D eigenvalue weighted by molar-refractivity contribution is 7.09. The van der Waals surface area contributed by atoms with E-state index in [-0.39, 0.29) is 0 Å². The van der Waals surface area contributed by atoms with Gasteiger partial charge in [-0.05, 0) is 18.6 Å². The summed E-state index contributed by atoms with van der Waals surface area (Å²) in [6, 6.07) is 2.14. The Hall–Kier alpha value is -1.13. The van der Waals surface area contributed by atoms with E-state index in [4.69, 9.17) is 0 Å². The molecule has 0 amide bonds. The maximum absolute atomic E-state index is 4.43. The molecule has 1 N–H and O–H groups in total. The zero-order valence-electron chi connectivity index (χ0n) is 9.73. The molecule has 0 unspecified atom stereocenters. The van der Waals surface area contributed by atoms with E-state index in [1.54, 1.807) is 11.3 Å². The van der Waals surface area contributed by atoms with Gasteiger partial charge in [-0.3, -0.25) is 0 Å². The van der Waals surface area contributed by atoms with Crippen LogP contribution in [-0.4, -0.2) is 16.1 Å². The summed E-state index contributed by atoms with van der Waals surface area (Å²) >= 11 is 1.74. The van der Waals surface area contributed by atoms with Crippen molar-refractivity contribution in [3.05, 3.63) is 40.1 Å². The molecule has 2 heterocycles. The van der Waals surface area contributed by atoms with Crippen molar-refractivity contribution >= 4 is 11.3 Å². The van der Waals surface area contributed by atoms with Gasteiger partial charge >= 0.3 is 0 Å². The van der Waals surface area contributed by atoms with Crippen LogP contribution in [0, 0.1) is 6.92 Å². The molecule has 0 aromatic carbocycles. The lowest BCUT2D eigenvalue weighted by molar-refractivity contribution is 0.683. The second-order valence-electron chi connectivity index (χ2n) is 3.99. The third-order valence-corrected chi connectivity index (χ3v) is 3.43. The first-order valence-corrected chi connectivity index (χ1v) is 6.34. The van der Waals surface area contributed by atoms with Gasteiger partial charge in [0.25, 0.3) is 0 Å². The molecule has 0 saturated carbocycles. The maximum atomic E-state index is 4.43. The smallest absolute Gasteiger partial charge is 0.0940 e. The molecule has 0 fully saturated rings. The fourth-order valence-corrected chi connectivity index (χ4v) is 2.39. The summed E-state index contributed by atoms with van der Waals surface area (Å²) in [5.41, 5.74) is 2.46. The van der Waals surface area contributed by atoms with Crippen LogP contribution in [0.3, 0.4) is 0 Å². The summed E-state index contributed by atoms with van der Waals surface area (Å²) in [6.07, 6.45) is 5.23. The summed E-state index contributed by atoms with van der Waals surface area (Å²) in [4.78, 5) is 4.43. The first-order chi connectivity index (χ1) is 7.74. The molecule has 2 rings (SSSR count). The lowest BCUT2D eigenvalue weighted by atomic mass is 10.3. The maximum Gasteiger partial charge on any atom is 0.0940 e. The minimum atomic E-state index is 0.936. The molecule has 0 aliphatic rings. The Morgan fingerprint density at radius 2 is 2.38 bits per heavy atom. The SMILES string of the molecule is Cc1csc(CCNCc2ccn(C)c2)n1. The summed E-state index contributed by atoms with van der Waals surface area (Å²) < 4.78 is 2.07. The van der Waals surface area contributed by atoms with Crippen molar-refractivity contribution in [3.8, 4) is 0 Å². The van der Waals surface area contributed by atoms with Gasteiger partial charge in [-0.1, -0.05) is 0 Å². The van der Waals surface area contributed by atoms with Crippen molar-refractivity contribution in [3.63, 3.8) is 0 Å². The number of aryl methyl sites for hydroxylation is 2. The predicted molar refractivity (Wildman–Crippen MR) is 67.7 cm³/mol. The average molecular weight is 235 g/mol. The monoisotopic (exact) mass is 235 g/mol. The second-order valence-corrected chi connectivity index (χ2v) is 4.94. The van der Waals surface area contributed by atoms with Gasteiger partial charge in [0.2, 0.25) is 0 Å². The molecule has 2 aromatic heterocycles. The number of thiazole rings is 1. The fourth-order valence-electron chi connectivity index (χ4n) is 1.61. The Morgan fingerprint density at radius 3 is 3.00 bits per heavy atom. The zero-order chi connectivity index (χ0) is 11.4. The van der Waals surface area contributed by atoms with E-state index in [1.807, 2.05) is 14.0 Å². The van der Waals surface area contributed by atoms with Crippen molar-refractivity contribution in [1.29, 1.82) is 0 Å². The Balaban J connectivity index is 1.69. The van der Waals surface area contributed by atoms with Crippen molar-refractivity contribution in [2.45, 2.75) is 19.9 Å². The number of rotatable bonds is 5. The van der Waals surface area contributed by atoms with E-state index in [1.165, 1.54) is 10.6 Å². The Kier molecular flexibility index (Phi) is 3.74. The number of hydrogen-bond acceptors (Lipinski definition) is 3. The molecule has 0 aliphatic heterocycles. The first-order valence-electron chi connectivity index (χ1n) is 5.46. The lowest BCUT2D eigenvalue weighted by Gasteiger charge is -2.00. The summed E-state index contributed by atoms with van der Waals surface area (Å²) in [5, 5.41) is 6.75. The minimum Gasteiger partial charge on any atom is -0.357 e. The summed E-state index contributed by atoms with van der Waals surface area (Å²) in [7, 11) is 2.04. The van der Waals surface area contributed by atoms with Gasteiger partial charge in [0.15, 0.2) is 0 Å². The van der Waals surface area contributed by atoms with Crippen LogP contribution in [0.4, 0.5) is 0 Å². The number of nitrogens with one attached hydrogen (secondary N) is 1. The molecule has 0 saturated heterocycles. The third-order valence-electron chi connectivity index (χ3n) is 2.40. The molecule has 0 radical (unpaired) electrons. The normalized spacial score (nSPS) is 10.9. The minimum absolute atomic E-state index is 0.936. The van der Waals surface area contributed by atoms with E-state index in [0.717, 1.165) is 25.2 Å². The summed E-state index contributed by atoms with van der Waals surface area (Å²) in [5.74, 6) is 0. The predicted octanol–water partition coefficient (Wildman–Crippen LogP) is 2.12. The van der Waals surface area contributed by atoms with Crippen LogP contribution in [0.15, 0.2) is 23.8 Å². The van der Waals surface area contributed by atoms with Crippen molar-refractivity contribution in [2.75, 3.05) is 6.54 Å². The van der Waals surface area contributed by atoms with Crippen LogP contribution >= 0.6 is 11.3 Å². The Bertz CT molecular complexity index is 402. The molecular weight excluding hydrogens is 218 g/mol. The van der Waals surface area contributed by atoms with E-state index >= 15 is 0 Å². The van der Waals surface area contributed by atoms with E-state index in [0.29, 0.717) is 0 Å². The van der Waals surface area contributed by atoms with Crippen LogP contribution in [-0.2, 0) is 20.0 Å². The molecule has 0 spiro atoms. The summed E-state index contributed by atoms with van der Waals surface area (Å²) in [6.45, 7) is 3.96. The molecule has 2 aromatic rings. The van der Waals surface area contributed by atoms with Gasteiger partial charge < -0.3 is 9.88 Å². The van der Waals surface area contributed by atoms with Crippen LogP contribution in [0.5, 0.6) is 0 Å². The van der Waals surface area contributed by atoms with Gasteiger partial charge in [0.1, 0.15) is 0 Å². The van der Waals surface area contributed by atoms with Gasteiger partial charge in [0.05, 0.1) is 5.01 Å². The van der Waals surface area contributed by atoms with Crippen LogP contribution < -0.4 is 5.32 Å². The highest BCUT2D eigenvalue weighted by Gasteiger charge is 1.98. The van der Waals surface area contributed by atoms with Crippen LogP contribution in [0.25, 0.3) is 0 Å². The Labute approximate surface area is 100 Å². The van der Waals surface area contributed by atoms with Gasteiger partial charge in [-0.15, -0.1) is 11.3 Å². The highest BCUT2D eigenvalue weighted by atomic mass is 32.1. The lowest BCUT2D eigenvalue weighted by Crippen LogP contribution is -2.16. The first kappa shape index (κ1) is 11.4. The number of nitrogens with zero attached hydrogens (tertiary/aromatic N) is 2. The molecule has 16 heavy (non-hydrogen) atoms. The van der Waals surface area contributed by atoms with Crippen molar-refractivity contribution < 1.29 is 0 Å². The van der Waals surface area contributed by atoms with Crippen LogP contribution in [0.2, 0.25) is 0 Å². The highest BCUT2D eigenvalue weighted by Crippen LogP contribution is 2.08. The topological polar surface area (TPSA) is 29.9 Å². The van der Waals surface area contributed by atoms with Gasteiger partial charge in [-0.25, -0.2) is 4.98 Å². The van der Waals surface area contributed by atoms with E-state index < -0.39 is 0 Å². The molecule has 86 valence electrons. The number of aromatic nitrogens is 2. The van der Waals surface area contributed by atoms with Crippen molar-refractivity contribution in [2.24, 2.45) is 7.05 Å². The molecule has 4 heteroatoms. The fraction of sp³-hybridized carbons (Fsp3) is 0.417. The van der Waals surface area contributed by atoms with E-state index in [2.05, 4.69) is 38.7 Å². The molecule has 3 nitrogen and oxygen atoms in total. The van der Waals surface area contributed by atoms with Crippen LogP contribution in [0.1, 0.15) is 16.3 Å². The molecule has 0 aliphatic carbocycles. The molecule has 0 atom stereocenters. The largest absolute Gasteiger partial charge is 0.357 e. The van der Waals surface area contributed by atoms with Gasteiger partial charge in [0, 0.05) is 50.0 Å². The van der Waals surface area contributed by atoms with Gasteiger partial charge in [-0.2, -0.15) is 0 Å². The van der Waals surface area contributed by atoms with E-state index in [9.17, 15) is 0 Å². The average Bonchev–Trinajstić information content (AvgIpc) is 2.83. The standard InChI is InChI=1S/C12H17N3S/c1-10-9-16-12(14-10)3-5-13-7-11-4-6-15(2)8-11/h4,6,8-9,13H,3,5,7H2,1-2H3. The van der Waals surface area contributed by atoms with Crippen molar-refractivity contribution in [1.82, 2.24) is 14.9 Å². The third kappa shape index (κ3) is 3.18. The second kappa shape index (κ2) is 5.27. The molecular formula is C12H17N3S. The zero-order valence-corrected chi connectivity index (χ0v) is 10.5. The Morgan fingerprint density at radius 1 is 1.50 bits per heavy atom. The molecule has 0 bridgehead atoms. The quantitative estimate of drug-likeness (QED) is 0.805.